The number of benzene rings is 2. The number of ether oxygens (including phenoxy) is 2. The molecule has 2 aromatic carbocycles. The molecular weight excluding hydrogens is 371 g/mol. The van der Waals surface area contributed by atoms with Crippen LogP contribution < -0.4 is 14.8 Å². The van der Waals surface area contributed by atoms with E-state index in [4.69, 9.17) is 32.7 Å². The van der Waals surface area contributed by atoms with Crippen molar-refractivity contribution in [3.63, 3.8) is 0 Å². The molecule has 0 fully saturated rings. The van der Waals surface area contributed by atoms with Crippen molar-refractivity contribution in [1.29, 1.82) is 0 Å². The molecule has 1 amide bonds. The molecule has 25 heavy (non-hydrogen) atoms. The third-order valence-corrected chi connectivity index (χ3v) is 3.76. The maximum atomic E-state index is 12.3. The van der Waals surface area contributed by atoms with Gasteiger partial charge < -0.3 is 14.8 Å². The van der Waals surface area contributed by atoms with Crippen LogP contribution in [0.15, 0.2) is 36.4 Å². The Morgan fingerprint density at radius 3 is 2.56 bits per heavy atom. The van der Waals surface area contributed by atoms with E-state index in [0.29, 0.717) is 10.8 Å². The van der Waals surface area contributed by atoms with Crippen molar-refractivity contribution < 1.29 is 19.2 Å². The van der Waals surface area contributed by atoms with Crippen LogP contribution >= 0.6 is 23.2 Å². The third kappa shape index (κ3) is 4.74. The predicted molar refractivity (Wildman–Crippen MR) is 94.8 cm³/mol. The quantitative estimate of drug-likeness (QED) is 0.591. The molecule has 132 valence electrons. The Hall–Kier alpha value is -2.51. The first-order valence-electron chi connectivity index (χ1n) is 7.07. The molecule has 0 aromatic heterocycles. The summed E-state index contributed by atoms with van der Waals surface area (Å²) in [4.78, 5) is 22.8. The summed E-state index contributed by atoms with van der Waals surface area (Å²) in [6, 6.07) is 8.70. The number of amides is 1. The van der Waals surface area contributed by atoms with Gasteiger partial charge in [0.15, 0.2) is 6.10 Å². The van der Waals surface area contributed by atoms with E-state index in [0.717, 1.165) is 0 Å². The zero-order valence-corrected chi connectivity index (χ0v) is 14.8. The Morgan fingerprint density at radius 2 is 1.96 bits per heavy atom. The molecule has 0 aliphatic rings. The van der Waals surface area contributed by atoms with Crippen LogP contribution in [-0.4, -0.2) is 24.0 Å². The average Bonchev–Trinajstić information content (AvgIpc) is 2.57. The molecule has 0 aliphatic carbocycles. The van der Waals surface area contributed by atoms with E-state index in [1.54, 1.807) is 6.07 Å². The van der Waals surface area contributed by atoms with Crippen LogP contribution in [0.3, 0.4) is 0 Å². The molecule has 0 heterocycles. The number of anilines is 1. The number of methoxy groups -OCH3 is 1. The second kappa shape index (κ2) is 8.04. The highest BCUT2D eigenvalue weighted by atomic mass is 35.5. The molecule has 1 atom stereocenters. The summed E-state index contributed by atoms with van der Waals surface area (Å²) in [6.45, 7) is 1.50. The van der Waals surface area contributed by atoms with E-state index in [9.17, 15) is 14.9 Å². The van der Waals surface area contributed by atoms with Crippen LogP contribution in [0.5, 0.6) is 11.5 Å². The summed E-state index contributed by atoms with van der Waals surface area (Å²) in [5.41, 5.74) is -0.252. The number of carbonyl (C=O) groups is 1. The van der Waals surface area contributed by atoms with Crippen molar-refractivity contribution in [1.82, 2.24) is 0 Å². The molecule has 7 nitrogen and oxygen atoms in total. The number of carbonyl (C=O) groups excluding carboxylic acids is 1. The number of nitrogens with zero attached hydrogens (tertiary/aromatic N) is 1. The SMILES string of the molecule is COc1ccc(NC(=O)C(C)Oc2ccc(Cl)cc2Cl)c([N+](=O)[O-])c1. The minimum Gasteiger partial charge on any atom is -0.496 e. The standard InChI is InChI=1S/C16H14Cl2N2O5/c1-9(25-15-6-3-10(17)7-12(15)18)16(21)19-13-5-4-11(24-2)8-14(13)20(22)23/h3-9H,1-2H3,(H,19,21). The number of hydrogen-bond acceptors (Lipinski definition) is 5. The average molecular weight is 385 g/mol. The predicted octanol–water partition coefficient (Wildman–Crippen LogP) is 4.32. The van der Waals surface area contributed by atoms with Gasteiger partial charge in [-0.25, -0.2) is 0 Å². The minimum absolute atomic E-state index is 0.0356. The third-order valence-electron chi connectivity index (χ3n) is 3.23. The summed E-state index contributed by atoms with van der Waals surface area (Å²) < 4.78 is 10.4. The van der Waals surface area contributed by atoms with Crippen LogP contribution in [-0.2, 0) is 4.79 Å². The highest BCUT2D eigenvalue weighted by molar-refractivity contribution is 6.35. The van der Waals surface area contributed by atoms with Crippen molar-refractivity contribution in [2.45, 2.75) is 13.0 Å². The fraction of sp³-hybridized carbons (Fsp3) is 0.188. The molecule has 2 rings (SSSR count). The maximum Gasteiger partial charge on any atom is 0.296 e. The van der Waals surface area contributed by atoms with Crippen LogP contribution in [0.25, 0.3) is 0 Å². The van der Waals surface area contributed by atoms with Gasteiger partial charge in [-0.1, -0.05) is 23.2 Å². The van der Waals surface area contributed by atoms with Crippen molar-refractivity contribution >= 4 is 40.5 Å². The number of nitrogens with one attached hydrogen (secondary N) is 1. The summed E-state index contributed by atoms with van der Waals surface area (Å²) in [5.74, 6) is 0.0131. The van der Waals surface area contributed by atoms with Crippen LogP contribution in [0.1, 0.15) is 6.92 Å². The van der Waals surface area contributed by atoms with Gasteiger partial charge in [-0.3, -0.25) is 14.9 Å². The zero-order chi connectivity index (χ0) is 18.6. The number of rotatable bonds is 6. The first-order chi connectivity index (χ1) is 11.8. The second-order valence-electron chi connectivity index (χ2n) is 4.96. The molecule has 1 unspecified atom stereocenters. The van der Waals surface area contributed by atoms with Gasteiger partial charge in [0, 0.05) is 5.02 Å². The second-order valence-corrected chi connectivity index (χ2v) is 5.81. The van der Waals surface area contributed by atoms with Crippen molar-refractivity contribution in [3.8, 4) is 11.5 Å². The zero-order valence-electron chi connectivity index (χ0n) is 13.3. The van der Waals surface area contributed by atoms with Crippen LogP contribution in [0.2, 0.25) is 10.0 Å². The van der Waals surface area contributed by atoms with E-state index in [1.165, 1.54) is 44.4 Å². The fourth-order valence-electron chi connectivity index (χ4n) is 1.94. The van der Waals surface area contributed by atoms with Crippen molar-refractivity contribution in [3.05, 3.63) is 56.6 Å². The van der Waals surface area contributed by atoms with Crippen LogP contribution in [0, 0.1) is 10.1 Å². The number of nitro groups is 1. The van der Waals surface area contributed by atoms with E-state index in [1.807, 2.05) is 0 Å². The first-order valence-corrected chi connectivity index (χ1v) is 7.82. The highest BCUT2D eigenvalue weighted by Crippen LogP contribution is 2.30. The molecular formula is C16H14Cl2N2O5. The van der Waals surface area contributed by atoms with Crippen LogP contribution in [0.4, 0.5) is 11.4 Å². The fourth-order valence-corrected chi connectivity index (χ4v) is 2.40. The van der Waals surface area contributed by atoms with E-state index >= 15 is 0 Å². The molecule has 0 saturated carbocycles. The Balaban J connectivity index is 2.14. The number of nitro benzene ring substituents is 1. The largest absolute Gasteiger partial charge is 0.496 e. The smallest absolute Gasteiger partial charge is 0.296 e. The van der Waals surface area contributed by atoms with Crippen molar-refractivity contribution in [2.75, 3.05) is 12.4 Å². The Morgan fingerprint density at radius 1 is 1.24 bits per heavy atom. The Labute approximate surface area is 153 Å². The van der Waals surface area contributed by atoms with Gasteiger partial charge in [0.2, 0.25) is 0 Å². The lowest BCUT2D eigenvalue weighted by atomic mass is 10.2. The lowest BCUT2D eigenvalue weighted by Gasteiger charge is -2.16. The van der Waals surface area contributed by atoms with Gasteiger partial charge in [0.05, 0.1) is 23.1 Å². The Kier molecular flexibility index (Phi) is 6.06. The molecule has 0 bridgehead atoms. The van der Waals surface area contributed by atoms with Gasteiger partial charge in [-0.2, -0.15) is 0 Å². The minimum atomic E-state index is -0.944. The summed E-state index contributed by atoms with van der Waals surface area (Å²) >= 11 is 11.8. The van der Waals surface area contributed by atoms with Crippen molar-refractivity contribution in [2.24, 2.45) is 0 Å². The lowest BCUT2D eigenvalue weighted by Crippen LogP contribution is -2.30. The first kappa shape index (κ1) is 18.8. The highest BCUT2D eigenvalue weighted by Gasteiger charge is 2.21. The monoisotopic (exact) mass is 384 g/mol. The Bertz CT molecular complexity index is 813. The van der Waals surface area contributed by atoms with Gasteiger partial charge >= 0.3 is 0 Å². The van der Waals surface area contributed by atoms with Gasteiger partial charge in [-0.05, 0) is 37.3 Å². The number of hydrogen-bond donors (Lipinski definition) is 1. The van der Waals surface area contributed by atoms with Gasteiger partial charge in [-0.15, -0.1) is 0 Å². The molecule has 0 radical (unpaired) electrons. The maximum absolute atomic E-state index is 12.3. The van der Waals surface area contributed by atoms with Gasteiger partial charge in [0.1, 0.15) is 17.2 Å². The molecule has 0 saturated heterocycles. The van der Waals surface area contributed by atoms with E-state index in [2.05, 4.69) is 5.32 Å². The topological polar surface area (TPSA) is 90.7 Å². The lowest BCUT2D eigenvalue weighted by molar-refractivity contribution is -0.384. The molecule has 2 aromatic rings. The summed E-state index contributed by atoms with van der Waals surface area (Å²) in [5, 5.41) is 14.3. The van der Waals surface area contributed by atoms with E-state index in [-0.39, 0.29) is 22.1 Å². The number of halogens is 2. The van der Waals surface area contributed by atoms with E-state index < -0.39 is 16.9 Å². The summed E-state index contributed by atoms with van der Waals surface area (Å²) in [7, 11) is 1.39. The molecule has 0 aliphatic heterocycles. The molecule has 1 N–H and O–H groups in total. The molecule has 0 spiro atoms. The molecule has 9 heteroatoms. The van der Waals surface area contributed by atoms with Gasteiger partial charge in [0.25, 0.3) is 11.6 Å². The summed E-state index contributed by atoms with van der Waals surface area (Å²) in [6.07, 6.45) is -0.944. The normalized spacial score (nSPS) is 11.5.